The van der Waals surface area contributed by atoms with Crippen molar-refractivity contribution in [3.8, 4) is 23.0 Å². The van der Waals surface area contributed by atoms with Crippen molar-refractivity contribution in [1.29, 1.82) is 0 Å². The summed E-state index contributed by atoms with van der Waals surface area (Å²) < 4.78 is 60.0. The first-order valence-corrected chi connectivity index (χ1v) is 37.4. The molecule has 16 aromatic rings. The summed E-state index contributed by atoms with van der Waals surface area (Å²) in [4.78, 5) is 92.0. The molecule has 4 aromatic carbocycles. The van der Waals surface area contributed by atoms with Crippen molar-refractivity contribution >= 4 is 189 Å². The van der Waals surface area contributed by atoms with Crippen molar-refractivity contribution in [3.05, 3.63) is 220 Å². The van der Waals surface area contributed by atoms with Crippen LogP contribution in [0.1, 0.15) is 116 Å². The topological polar surface area (TPSA) is 356 Å². The number of carbonyl (C=O) groups is 2. The fourth-order valence-corrected chi connectivity index (χ4v) is 16.1. The molecule has 12 heterocycles. The second kappa shape index (κ2) is 44.0. The number of aryl methyl sites for hydroxylation is 4. The van der Waals surface area contributed by atoms with Crippen LogP contribution in [0.5, 0.6) is 23.0 Å². The first-order valence-electron chi connectivity index (χ1n) is 33.9. The molecule has 16 rings (SSSR count). The summed E-state index contributed by atoms with van der Waals surface area (Å²) in [5.41, 5.74) is 6.78. The van der Waals surface area contributed by atoms with Gasteiger partial charge in [-0.25, -0.2) is 38.7 Å². The van der Waals surface area contributed by atoms with E-state index >= 15 is 0 Å². The van der Waals surface area contributed by atoms with Crippen LogP contribution in [0.25, 0.3) is 85.0 Å². The number of hydrogen-bond acceptors (Lipinski definition) is 26. The molecule has 2 N–H and O–H groups in total. The third-order valence-corrected chi connectivity index (χ3v) is 22.1. The monoisotopic (exact) mass is 1770 g/mol. The zero-order valence-corrected chi connectivity index (χ0v) is 74.2. The van der Waals surface area contributed by atoms with Crippen LogP contribution >= 0.6 is 45.3 Å². The zero-order chi connectivity index (χ0) is 79.2. The van der Waals surface area contributed by atoms with Gasteiger partial charge in [-0.05, 0) is 91.6 Å². The van der Waals surface area contributed by atoms with Gasteiger partial charge >= 0.3 is 68.6 Å². The standard InChI is InChI=1S/C19H20N4O3S.C18H18N4O3S.C18H16N4O3S.C17H14N4O3S.C2H6.2CH4.2CH3.2ClH.2Mg.Mn.2O/c1-19(2,25)18-21-16-15(27-18)13-9-20-23(17(24)14(13)22(16)3)10-11-6-5-7-12(8-11)26-4;2*1-10(23)17-20-16-15(26-17)13-8-19-22(18(24)14(13)21(16)2)9-11-5-4-6-12(7-11)25-3;1-20-14-12(15-16(20)19-13(9-22)25-15)7-18-21(17(14)23)8-10-4-3-5-11(6-10)24-2;1-2;;;;;;;;;;;/h5-9,25H,10H2,1-4H3;4-8,10,23H,9H2,1-3H3;4-8H,9H2,1-3H3;3-7,9H,8H2,1-2H3;1-2H3;2*1H4;2*1H3;2*1H;;;;;/q;;;;;;;2*-1;;;2*+2;;;/p-2/i;;;;1D;;;;;;;;;;;. The molecular weight excluding hydrogens is 1690 g/mol. The molecule has 613 valence electrons. The third-order valence-electron chi connectivity index (χ3n) is 17.3. The van der Waals surface area contributed by atoms with Crippen LogP contribution in [0.2, 0.25) is 0 Å². The van der Waals surface area contributed by atoms with E-state index in [1.807, 2.05) is 111 Å². The summed E-state index contributed by atoms with van der Waals surface area (Å²) in [6.07, 6.45) is 6.81. The van der Waals surface area contributed by atoms with E-state index in [1.165, 1.54) is 71.0 Å². The Balaban J connectivity index is 0.000000389. The Hall–Kier alpha value is -9.19. The molecule has 0 radical (unpaired) electrons. The zero-order valence-electron chi connectivity index (χ0n) is 66.4. The first-order chi connectivity index (χ1) is 52.7. The van der Waals surface area contributed by atoms with Gasteiger partial charge in [0, 0.05) is 58.0 Å². The molecule has 117 heavy (non-hydrogen) atoms. The van der Waals surface area contributed by atoms with Gasteiger partial charge in [-0.1, -0.05) is 77.2 Å². The number of nitrogens with zero attached hydrogens (tertiary/aromatic N) is 16. The van der Waals surface area contributed by atoms with Gasteiger partial charge in [-0.2, -0.15) is 20.4 Å². The van der Waals surface area contributed by atoms with E-state index in [9.17, 15) is 39.0 Å². The van der Waals surface area contributed by atoms with Crippen molar-refractivity contribution in [2.45, 2.75) is 94.3 Å². The summed E-state index contributed by atoms with van der Waals surface area (Å²) in [5.74, 6) is 2.86. The van der Waals surface area contributed by atoms with Crippen molar-refractivity contribution in [1.82, 2.24) is 77.3 Å². The molecule has 0 aliphatic heterocycles. The first kappa shape index (κ1) is 100. The fourth-order valence-electron chi connectivity index (χ4n) is 12.1. The molecule has 0 saturated heterocycles. The molecular formula is C78H88Cl2Mg2MnN16O14S4. The Morgan fingerprint density at radius 2 is 0.803 bits per heavy atom. The summed E-state index contributed by atoms with van der Waals surface area (Å²) in [7, 11) is 13.6. The van der Waals surface area contributed by atoms with E-state index in [1.54, 1.807) is 113 Å². The Labute approximate surface area is 741 Å². The number of ketones is 1. The van der Waals surface area contributed by atoms with Crippen LogP contribution in [-0.4, -0.2) is 174 Å². The normalized spacial score (nSPS) is 10.8. The molecule has 1 unspecified atom stereocenters. The second-order valence-corrected chi connectivity index (χ2v) is 29.1. The number of thiazole rings is 4. The molecule has 0 fully saturated rings. The van der Waals surface area contributed by atoms with Crippen LogP contribution in [0.15, 0.2) is 141 Å². The Morgan fingerprint density at radius 1 is 0.521 bits per heavy atom. The van der Waals surface area contributed by atoms with Crippen LogP contribution in [0, 0.1) is 14.9 Å². The number of benzene rings is 4. The van der Waals surface area contributed by atoms with E-state index in [4.69, 9.17) is 28.0 Å². The summed E-state index contributed by atoms with van der Waals surface area (Å²) in [6.45, 7) is 10.3. The molecule has 0 saturated carbocycles. The van der Waals surface area contributed by atoms with Gasteiger partial charge in [0.25, 0.3) is 22.2 Å². The predicted octanol–water partition coefficient (Wildman–Crippen LogP) is 6.11. The molecule has 0 spiro atoms. The summed E-state index contributed by atoms with van der Waals surface area (Å²) >= 11 is 3.91. The molecule has 0 aliphatic carbocycles. The van der Waals surface area contributed by atoms with Crippen molar-refractivity contribution < 1.29 is 87.4 Å². The van der Waals surface area contributed by atoms with Crippen molar-refractivity contribution in [2.24, 2.45) is 28.2 Å². The molecule has 30 nitrogen and oxygen atoms in total. The maximum absolute atomic E-state index is 13.0. The molecule has 0 aliphatic rings. The van der Waals surface area contributed by atoms with Crippen LogP contribution < -0.4 is 66.0 Å². The minimum absolute atomic E-state index is 0. The van der Waals surface area contributed by atoms with Gasteiger partial charge in [0.1, 0.15) is 66.8 Å². The van der Waals surface area contributed by atoms with Crippen molar-refractivity contribution in [2.75, 3.05) is 28.4 Å². The van der Waals surface area contributed by atoms with Crippen LogP contribution in [0.3, 0.4) is 0 Å². The fraction of sp³-hybridized carbons (Fsp3) is 0.282. The molecule has 39 heteroatoms. The van der Waals surface area contributed by atoms with E-state index < -0.39 is 26.5 Å². The number of ether oxygens (including phenoxy) is 4. The Bertz CT molecular complexity index is 6470. The number of carbonyl (C=O) groups excluding carboxylic acids is 2. The number of rotatable bonds is 16. The maximum atomic E-state index is 13.0. The number of aldehydes is 1. The van der Waals surface area contributed by atoms with Gasteiger partial charge < -0.3 is 87.1 Å². The Morgan fingerprint density at radius 3 is 1.09 bits per heavy atom. The van der Waals surface area contributed by atoms with Gasteiger partial charge in [0.2, 0.25) is 0 Å². The third kappa shape index (κ3) is 21.3. The van der Waals surface area contributed by atoms with Gasteiger partial charge in [-0.3, -0.25) is 28.8 Å². The number of halogens is 2. The van der Waals surface area contributed by atoms with Crippen molar-refractivity contribution in [3.63, 3.8) is 0 Å². The summed E-state index contributed by atoms with van der Waals surface area (Å²) in [5, 5.41) is 42.3. The number of aliphatic hydroxyl groups is 2. The number of aliphatic hydroxyl groups excluding tert-OH is 1. The van der Waals surface area contributed by atoms with E-state index in [0.29, 0.717) is 104 Å². The Kier molecular flexibility index (Phi) is 37.7. The number of hydrogen-bond donors (Lipinski definition) is 2. The van der Waals surface area contributed by atoms with E-state index in [-0.39, 0.29) is 129 Å². The number of methoxy groups -OCH3 is 4. The number of aromatic nitrogens is 16. The second-order valence-electron chi connectivity index (χ2n) is 24.8. The SMILES string of the molecule is C.C.COc1cccc(Cn2ncc3c4sc(C(C)(C)O)nc4n(C)c3c2=O)c1.COc1cccc(Cn2ncc3c4sc(C(C)=O)nc4n(C)c3c2=O)c1.COc1cccc(Cn2ncc3c4sc(C(C)O)nc4n(C)c3c2=O)c1.COc1cccc(Cn2ncc3c4sc(C=O)nc4n(C)c3c2=O)c1.[2H]CC.[CH3-].[CH3-].[Cl-].[Cl-].[Mg+2].[Mg+2].[O]=[Mn]=[O]. The predicted molar refractivity (Wildman–Crippen MR) is 453 cm³/mol. The minimum atomic E-state index is -1.44. The molecule has 0 bridgehead atoms. The average Bonchev–Trinajstić information content (AvgIpc) is 1.61. The molecule has 1 atom stereocenters. The van der Waals surface area contributed by atoms with Gasteiger partial charge in [-0.15, -0.1) is 45.3 Å². The number of Topliss-reactive ketones (excluding diaryl/α,β-unsaturated/α-hetero) is 1. The van der Waals surface area contributed by atoms with Gasteiger partial charge in [0.05, 0.1) is 98.2 Å². The summed E-state index contributed by atoms with van der Waals surface area (Å²) in [6, 6.07) is 30.2. The quantitative estimate of drug-likeness (QED) is 0.0477. The van der Waals surface area contributed by atoms with E-state index in [0.717, 1.165) is 85.6 Å². The average molecular weight is 1780 g/mol. The van der Waals surface area contributed by atoms with Crippen LogP contribution in [-0.2, 0) is 82.5 Å². The van der Waals surface area contributed by atoms with Gasteiger partial charge in [0.15, 0.2) is 44.7 Å². The van der Waals surface area contributed by atoms with E-state index in [2.05, 4.69) is 40.3 Å². The molecule has 12 aromatic heterocycles. The molecule has 0 amide bonds. The number of fused-ring (bicyclic) bond motifs is 12. The van der Waals surface area contributed by atoms with Crippen LogP contribution in [0.4, 0.5) is 0 Å².